The zero-order chi connectivity index (χ0) is 13.8. The molecule has 0 fully saturated rings. The number of hydrogen-bond donors (Lipinski definition) is 0. The van der Waals surface area contributed by atoms with Crippen molar-refractivity contribution in [2.45, 2.75) is 27.1 Å². The van der Waals surface area contributed by atoms with Crippen LogP contribution in [-0.2, 0) is 0 Å². The second-order valence-electron chi connectivity index (χ2n) is 4.49. The van der Waals surface area contributed by atoms with E-state index < -0.39 is 0 Å². The van der Waals surface area contributed by atoms with Crippen LogP contribution in [0.15, 0.2) is 46.9 Å². The number of hydrogen-bond acceptors (Lipinski definition) is 2. The fraction of sp³-hybridized carbons (Fsp3) is 0.250. The molecule has 0 spiro atoms. The van der Waals surface area contributed by atoms with Crippen molar-refractivity contribution in [1.29, 1.82) is 0 Å². The highest BCUT2D eigenvalue weighted by atomic mass is 79.9. The Morgan fingerprint density at radius 1 is 0.947 bits per heavy atom. The van der Waals surface area contributed by atoms with Crippen molar-refractivity contribution in [3.8, 4) is 11.5 Å². The summed E-state index contributed by atoms with van der Waals surface area (Å²) in [7, 11) is 0. The van der Waals surface area contributed by atoms with Gasteiger partial charge in [-0.25, -0.2) is 0 Å². The van der Waals surface area contributed by atoms with Gasteiger partial charge in [0.2, 0.25) is 6.29 Å². The van der Waals surface area contributed by atoms with E-state index in [-0.39, 0.29) is 6.29 Å². The van der Waals surface area contributed by atoms with Crippen LogP contribution in [0.3, 0.4) is 0 Å². The van der Waals surface area contributed by atoms with Gasteiger partial charge in [0.1, 0.15) is 11.5 Å². The summed E-state index contributed by atoms with van der Waals surface area (Å²) in [5, 5.41) is 0. The molecule has 0 aliphatic heterocycles. The van der Waals surface area contributed by atoms with Crippen LogP contribution < -0.4 is 9.47 Å². The van der Waals surface area contributed by atoms with E-state index in [0.717, 1.165) is 27.1 Å². The molecule has 0 aromatic heterocycles. The van der Waals surface area contributed by atoms with E-state index in [9.17, 15) is 0 Å². The number of rotatable bonds is 4. The molecule has 2 aromatic rings. The van der Waals surface area contributed by atoms with E-state index in [4.69, 9.17) is 9.47 Å². The average molecular weight is 321 g/mol. The molecule has 0 heterocycles. The Balaban J connectivity index is 2.09. The van der Waals surface area contributed by atoms with Crippen molar-refractivity contribution in [2.24, 2.45) is 0 Å². The predicted octanol–water partition coefficient (Wildman–Crippen LogP) is 4.87. The molecule has 2 rings (SSSR count). The molecule has 2 nitrogen and oxygen atoms in total. The molecule has 0 N–H and O–H groups in total. The molecule has 0 radical (unpaired) electrons. The molecule has 100 valence electrons. The summed E-state index contributed by atoms with van der Waals surface area (Å²) in [6, 6.07) is 13.8. The third-order valence-electron chi connectivity index (χ3n) is 2.75. The normalized spacial score (nSPS) is 12.0. The number of benzene rings is 2. The van der Waals surface area contributed by atoms with Crippen molar-refractivity contribution in [2.75, 3.05) is 0 Å². The van der Waals surface area contributed by atoms with Crippen LogP contribution in [0.25, 0.3) is 0 Å². The lowest BCUT2D eigenvalue weighted by molar-refractivity contribution is 0.0212. The van der Waals surface area contributed by atoms with Gasteiger partial charge in [-0.3, -0.25) is 0 Å². The number of para-hydroxylation sites is 1. The van der Waals surface area contributed by atoms with Gasteiger partial charge in [-0.15, -0.1) is 0 Å². The Morgan fingerprint density at radius 3 is 2.11 bits per heavy atom. The van der Waals surface area contributed by atoms with E-state index >= 15 is 0 Å². The quantitative estimate of drug-likeness (QED) is 0.748. The minimum atomic E-state index is -0.332. The molecule has 0 aliphatic carbocycles. The number of halogens is 1. The predicted molar refractivity (Wildman–Crippen MR) is 80.8 cm³/mol. The standard InChI is InChI=1S/C16H17BrO2/c1-11-9-14(17)10-12(2)16(11)19-13(3)18-15-7-5-4-6-8-15/h4-10,13H,1-3H3. The van der Waals surface area contributed by atoms with Gasteiger partial charge in [0, 0.05) is 11.4 Å². The van der Waals surface area contributed by atoms with Gasteiger partial charge >= 0.3 is 0 Å². The first-order valence-corrected chi connectivity index (χ1v) is 7.00. The highest BCUT2D eigenvalue weighted by Crippen LogP contribution is 2.28. The number of ether oxygens (including phenoxy) is 2. The first-order valence-electron chi connectivity index (χ1n) is 6.21. The van der Waals surface area contributed by atoms with Gasteiger partial charge in [0.15, 0.2) is 0 Å². The molecule has 0 bridgehead atoms. The minimum absolute atomic E-state index is 0.332. The highest BCUT2D eigenvalue weighted by Gasteiger charge is 2.11. The Bertz CT molecular complexity index is 529. The van der Waals surface area contributed by atoms with Crippen molar-refractivity contribution in [1.82, 2.24) is 0 Å². The Hall–Kier alpha value is -1.48. The van der Waals surface area contributed by atoms with Crippen molar-refractivity contribution < 1.29 is 9.47 Å². The summed E-state index contributed by atoms with van der Waals surface area (Å²) in [5.74, 6) is 1.69. The van der Waals surface area contributed by atoms with Gasteiger partial charge in [-0.05, 0) is 49.2 Å². The van der Waals surface area contributed by atoms with Crippen LogP contribution in [0.1, 0.15) is 18.1 Å². The third kappa shape index (κ3) is 3.74. The molecule has 0 saturated heterocycles. The average Bonchev–Trinajstić information content (AvgIpc) is 2.35. The summed E-state index contributed by atoms with van der Waals surface area (Å²) >= 11 is 3.48. The van der Waals surface area contributed by atoms with Crippen LogP contribution in [0, 0.1) is 13.8 Å². The topological polar surface area (TPSA) is 18.5 Å². The molecule has 0 saturated carbocycles. The lowest BCUT2D eigenvalue weighted by Crippen LogP contribution is -2.20. The zero-order valence-electron chi connectivity index (χ0n) is 11.3. The van der Waals surface area contributed by atoms with Gasteiger partial charge in [-0.1, -0.05) is 34.1 Å². The van der Waals surface area contributed by atoms with Gasteiger partial charge < -0.3 is 9.47 Å². The summed E-state index contributed by atoms with van der Waals surface area (Å²) in [6.45, 7) is 5.96. The Kier molecular flexibility index (Phi) is 4.48. The molecule has 1 atom stereocenters. The maximum Gasteiger partial charge on any atom is 0.238 e. The Morgan fingerprint density at radius 2 is 1.53 bits per heavy atom. The monoisotopic (exact) mass is 320 g/mol. The molecule has 1 unspecified atom stereocenters. The SMILES string of the molecule is Cc1cc(Br)cc(C)c1OC(C)Oc1ccccc1. The van der Waals surface area contributed by atoms with Gasteiger partial charge in [-0.2, -0.15) is 0 Å². The second-order valence-corrected chi connectivity index (χ2v) is 5.40. The van der Waals surface area contributed by atoms with E-state index in [2.05, 4.69) is 15.9 Å². The van der Waals surface area contributed by atoms with E-state index in [1.54, 1.807) is 0 Å². The van der Waals surface area contributed by atoms with Crippen LogP contribution in [-0.4, -0.2) is 6.29 Å². The molecular formula is C16H17BrO2. The second kappa shape index (κ2) is 6.11. The van der Waals surface area contributed by atoms with Gasteiger partial charge in [0.25, 0.3) is 0 Å². The van der Waals surface area contributed by atoms with Crippen molar-refractivity contribution >= 4 is 15.9 Å². The highest BCUT2D eigenvalue weighted by molar-refractivity contribution is 9.10. The fourth-order valence-corrected chi connectivity index (χ4v) is 2.65. The minimum Gasteiger partial charge on any atom is -0.455 e. The molecule has 3 heteroatoms. The smallest absolute Gasteiger partial charge is 0.238 e. The number of aryl methyl sites for hydroxylation is 2. The molecular weight excluding hydrogens is 304 g/mol. The molecule has 2 aromatic carbocycles. The largest absolute Gasteiger partial charge is 0.455 e. The summed E-state index contributed by atoms with van der Waals surface area (Å²) in [5.41, 5.74) is 2.19. The summed E-state index contributed by atoms with van der Waals surface area (Å²) in [4.78, 5) is 0. The molecule has 0 amide bonds. The van der Waals surface area contributed by atoms with Crippen LogP contribution in [0.2, 0.25) is 0 Å². The van der Waals surface area contributed by atoms with Crippen LogP contribution >= 0.6 is 15.9 Å². The van der Waals surface area contributed by atoms with E-state index in [0.29, 0.717) is 0 Å². The van der Waals surface area contributed by atoms with Crippen LogP contribution in [0.5, 0.6) is 11.5 Å². The maximum atomic E-state index is 5.89. The van der Waals surface area contributed by atoms with Crippen molar-refractivity contribution in [3.63, 3.8) is 0 Å². The van der Waals surface area contributed by atoms with Crippen LogP contribution in [0.4, 0.5) is 0 Å². The molecule has 19 heavy (non-hydrogen) atoms. The van der Waals surface area contributed by atoms with Crippen molar-refractivity contribution in [3.05, 3.63) is 58.1 Å². The third-order valence-corrected chi connectivity index (χ3v) is 3.21. The summed E-state index contributed by atoms with van der Waals surface area (Å²) < 4.78 is 12.7. The maximum absolute atomic E-state index is 5.89. The first kappa shape index (κ1) is 13.9. The fourth-order valence-electron chi connectivity index (χ4n) is 1.96. The van der Waals surface area contributed by atoms with E-state index in [1.807, 2.05) is 63.2 Å². The lowest BCUT2D eigenvalue weighted by atomic mass is 10.1. The van der Waals surface area contributed by atoms with Gasteiger partial charge in [0.05, 0.1) is 0 Å². The summed E-state index contributed by atoms with van der Waals surface area (Å²) in [6.07, 6.45) is -0.332. The lowest BCUT2D eigenvalue weighted by Gasteiger charge is -2.19. The first-order chi connectivity index (χ1) is 9.06. The Labute approximate surface area is 122 Å². The van der Waals surface area contributed by atoms with E-state index in [1.165, 1.54) is 0 Å². The molecule has 0 aliphatic rings. The zero-order valence-corrected chi connectivity index (χ0v) is 12.9.